The number of nitro groups is 1. The van der Waals surface area contributed by atoms with Crippen molar-refractivity contribution in [3.63, 3.8) is 0 Å². The van der Waals surface area contributed by atoms with Crippen molar-refractivity contribution in [1.29, 1.82) is 0 Å². The molecule has 0 fully saturated rings. The lowest BCUT2D eigenvalue weighted by molar-refractivity contribution is -0.384. The molecule has 3 rings (SSSR count). The molecule has 1 heterocycles. The summed E-state index contributed by atoms with van der Waals surface area (Å²) in [7, 11) is -1.88. The summed E-state index contributed by atoms with van der Waals surface area (Å²) in [5.41, 5.74) is 1.60. The van der Waals surface area contributed by atoms with Gasteiger partial charge in [-0.15, -0.1) is 0 Å². The smallest absolute Gasteiger partial charge is 0.270 e. The Labute approximate surface area is 164 Å². The van der Waals surface area contributed by atoms with Crippen LogP contribution in [0.1, 0.15) is 12.0 Å². The number of nitro benzene ring substituents is 1. The molecule has 28 heavy (non-hydrogen) atoms. The first-order valence-corrected chi connectivity index (χ1v) is 10.8. The van der Waals surface area contributed by atoms with Gasteiger partial charge in [-0.25, -0.2) is 8.42 Å². The number of sulfone groups is 1. The highest BCUT2D eigenvalue weighted by atomic mass is 32.2. The molecular weight excluding hydrogens is 402 g/mol. The second kappa shape index (κ2) is 7.64. The quantitative estimate of drug-likeness (QED) is 0.466. The second-order valence-corrected chi connectivity index (χ2v) is 9.36. The van der Waals surface area contributed by atoms with Crippen molar-refractivity contribution in [1.82, 2.24) is 4.57 Å². The van der Waals surface area contributed by atoms with E-state index in [0.717, 1.165) is 16.9 Å². The van der Waals surface area contributed by atoms with Crippen LogP contribution < -0.4 is 4.80 Å². The van der Waals surface area contributed by atoms with Gasteiger partial charge in [-0.3, -0.25) is 14.9 Å². The topological polar surface area (TPSA) is 112 Å². The molecule has 2 aromatic carbocycles. The molecule has 0 atom stereocenters. The zero-order valence-corrected chi connectivity index (χ0v) is 16.8. The van der Waals surface area contributed by atoms with Crippen LogP contribution in [0.3, 0.4) is 0 Å². The van der Waals surface area contributed by atoms with Crippen molar-refractivity contribution < 1.29 is 18.1 Å². The fourth-order valence-corrected chi connectivity index (χ4v) is 4.89. The van der Waals surface area contributed by atoms with Crippen LogP contribution in [-0.2, 0) is 21.7 Å². The summed E-state index contributed by atoms with van der Waals surface area (Å²) in [6, 6.07) is 10.8. The summed E-state index contributed by atoms with van der Waals surface area (Å²) >= 11 is 1.14. The third kappa shape index (κ3) is 4.18. The van der Waals surface area contributed by atoms with Gasteiger partial charge in [-0.2, -0.15) is 4.99 Å². The number of aryl methyl sites for hydroxylation is 2. The largest absolute Gasteiger partial charge is 0.319 e. The number of fused-ring (bicyclic) bond motifs is 1. The SMILES string of the molecule is Cc1ccc(S(=O)(=O)CCC(=O)N=c2sc3cc([N+](=O)[O-])ccc3n2C)cc1. The van der Waals surface area contributed by atoms with E-state index in [1.165, 1.54) is 24.3 Å². The van der Waals surface area contributed by atoms with Crippen LogP contribution in [0, 0.1) is 17.0 Å². The number of amides is 1. The average molecular weight is 419 g/mol. The van der Waals surface area contributed by atoms with Gasteiger partial charge < -0.3 is 4.57 Å². The number of non-ortho nitro benzene ring substituents is 1. The van der Waals surface area contributed by atoms with E-state index in [2.05, 4.69) is 4.99 Å². The molecule has 8 nitrogen and oxygen atoms in total. The van der Waals surface area contributed by atoms with Crippen molar-refractivity contribution in [3.8, 4) is 0 Å². The number of hydrogen-bond donors (Lipinski definition) is 0. The highest BCUT2D eigenvalue weighted by Crippen LogP contribution is 2.22. The molecule has 0 N–H and O–H groups in total. The predicted molar refractivity (Wildman–Crippen MR) is 106 cm³/mol. The van der Waals surface area contributed by atoms with Crippen molar-refractivity contribution >= 4 is 43.0 Å². The summed E-state index contributed by atoms with van der Waals surface area (Å²) in [6.07, 6.45) is -0.245. The van der Waals surface area contributed by atoms with Crippen LogP contribution in [0.25, 0.3) is 10.2 Å². The lowest BCUT2D eigenvalue weighted by Gasteiger charge is -2.03. The summed E-state index contributed by atoms with van der Waals surface area (Å²) in [4.78, 5) is 27.1. The second-order valence-electron chi connectivity index (χ2n) is 6.24. The first-order chi connectivity index (χ1) is 13.2. The van der Waals surface area contributed by atoms with Gasteiger partial charge in [0, 0.05) is 25.6 Å². The molecule has 0 radical (unpaired) electrons. The highest BCUT2D eigenvalue weighted by Gasteiger charge is 2.17. The first kappa shape index (κ1) is 19.9. The Balaban J connectivity index is 1.81. The Morgan fingerprint density at radius 2 is 1.89 bits per heavy atom. The summed E-state index contributed by atoms with van der Waals surface area (Å²) in [5, 5.41) is 10.9. The molecule has 0 aliphatic heterocycles. The Hall–Kier alpha value is -2.85. The van der Waals surface area contributed by atoms with Crippen molar-refractivity contribution in [2.75, 3.05) is 5.75 Å². The van der Waals surface area contributed by atoms with Crippen LogP contribution in [-0.4, -0.2) is 29.6 Å². The molecule has 0 aliphatic rings. The molecule has 0 saturated heterocycles. The fraction of sp³-hybridized carbons (Fsp3) is 0.222. The average Bonchev–Trinajstić information content (AvgIpc) is 2.95. The molecule has 10 heteroatoms. The van der Waals surface area contributed by atoms with Gasteiger partial charge in [0.15, 0.2) is 14.6 Å². The number of rotatable bonds is 5. The van der Waals surface area contributed by atoms with E-state index in [1.807, 2.05) is 6.92 Å². The number of thiazole rings is 1. The molecule has 0 aliphatic carbocycles. The Bertz CT molecular complexity index is 1240. The number of aromatic nitrogens is 1. The Morgan fingerprint density at radius 1 is 1.21 bits per heavy atom. The molecule has 0 unspecified atom stereocenters. The van der Waals surface area contributed by atoms with Crippen LogP contribution in [0.15, 0.2) is 52.4 Å². The van der Waals surface area contributed by atoms with Gasteiger partial charge in [0.05, 0.1) is 25.8 Å². The lowest BCUT2D eigenvalue weighted by atomic mass is 10.2. The van der Waals surface area contributed by atoms with Crippen molar-refractivity contribution in [3.05, 3.63) is 62.9 Å². The highest BCUT2D eigenvalue weighted by molar-refractivity contribution is 7.91. The van der Waals surface area contributed by atoms with Crippen LogP contribution in [0.4, 0.5) is 5.69 Å². The van der Waals surface area contributed by atoms with E-state index in [4.69, 9.17) is 0 Å². The monoisotopic (exact) mass is 419 g/mol. The van der Waals surface area contributed by atoms with Crippen LogP contribution in [0.2, 0.25) is 0 Å². The molecule has 146 valence electrons. The van der Waals surface area contributed by atoms with Crippen molar-refractivity contribution in [2.45, 2.75) is 18.2 Å². The molecule has 0 spiro atoms. The van der Waals surface area contributed by atoms with Gasteiger partial charge in [0.2, 0.25) is 5.91 Å². The summed E-state index contributed by atoms with van der Waals surface area (Å²) in [5.74, 6) is -0.897. The number of benzene rings is 2. The number of nitrogens with zero attached hydrogens (tertiary/aromatic N) is 3. The molecule has 0 saturated carbocycles. The zero-order chi connectivity index (χ0) is 20.5. The number of hydrogen-bond acceptors (Lipinski definition) is 6. The number of carbonyl (C=O) groups excluding carboxylic acids is 1. The third-order valence-electron chi connectivity index (χ3n) is 4.19. The molecule has 0 bridgehead atoms. The van der Waals surface area contributed by atoms with E-state index in [1.54, 1.807) is 29.8 Å². The van der Waals surface area contributed by atoms with Gasteiger partial charge >= 0.3 is 0 Å². The van der Waals surface area contributed by atoms with E-state index in [0.29, 0.717) is 15.0 Å². The van der Waals surface area contributed by atoms with Crippen LogP contribution in [0.5, 0.6) is 0 Å². The lowest BCUT2D eigenvalue weighted by Crippen LogP contribution is -2.15. The maximum absolute atomic E-state index is 12.3. The first-order valence-electron chi connectivity index (χ1n) is 8.28. The Kier molecular flexibility index (Phi) is 5.43. The molecule has 1 amide bonds. The van der Waals surface area contributed by atoms with Gasteiger partial charge in [-0.1, -0.05) is 29.0 Å². The molecule has 1 aromatic heterocycles. The van der Waals surface area contributed by atoms with E-state index in [-0.39, 0.29) is 22.8 Å². The van der Waals surface area contributed by atoms with Crippen molar-refractivity contribution in [2.24, 2.45) is 12.0 Å². The zero-order valence-electron chi connectivity index (χ0n) is 15.2. The minimum absolute atomic E-state index is 0.0450. The predicted octanol–water partition coefficient (Wildman–Crippen LogP) is 2.75. The fourth-order valence-electron chi connectivity index (χ4n) is 2.59. The minimum Gasteiger partial charge on any atom is -0.319 e. The normalized spacial score (nSPS) is 12.4. The maximum atomic E-state index is 12.3. The van der Waals surface area contributed by atoms with E-state index < -0.39 is 20.7 Å². The summed E-state index contributed by atoms with van der Waals surface area (Å²) in [6.45, 7) is 1.86. The van der Waals surface area contributed by atoms with E-state index >= 15 is 0 Å². The van der Waals surface area contributed by atoms with Gasteiger partial charge in [0.1, 0.15) is 0 Å². The third-order valence-corrected chi connectivity index (χ3v) is 7.02. The summed E-state index contributed by atoms with van der Waals surface area (Å²) < 4.78 is 27.0. The Morgan fingerprint density at radius 3 is 2.54 bits per heavy atom. The maximum Gasteiger partial charge on any atom is 0.270 e. The standard InChI is InChI=1S/C18H17N3O5S2/c1-12-3-6-14(7-4-12)28(25,26)10-9-17(22)19-18-20(2)15-8-5-13(21(23)24)11-16(15)27-18/h3-8,11H,9-10H2,1-2H3. The molecular formula is C18H17N3O5S2. The van der Waals surface area contributed by atoms with E-state index in [9.17, 15) is 23.3 Å². The van der Waals surface area contributed by atoms with Crippen LogP contribution >= 0.6 is 11.3 Å². The number of carbonyl (C=O) groups is 1. The van der Waals surface area contributed by atoms with Gasteiger partial charge in [-0.05, 0) is 25.1 Å². The molecule has 3 aromatic rings. The minimum atomic E-state index is -3.57. The van der Waals surface area contributed by atoms with Gasteiger partial charge in [0.25, 0.3) is 5.69 Å².